The molecule has 0 spiro atoms. The molecule has 0 unspecified atom stereocenters. The molecular formula is C19H17BrN2O2. The van der Waals surface area contributed by atoms with Crippen LogP contribution >= 0.6 is 15.9 Å². The Hall–Kier alpha value is -2.63. The predicted octanol–water partition coefficient (Wildman–Crippen LogP) is 4.68. The van der Waals surface area contributed by atoms with E-state index in [1.54, 1.807) is 24.3 Å². The Morgan fingerprint density at radius 3 is 1.88 bits per heavy atom. The highest BCUT2D eigenvalue weighted by molar-refractivity contribution is 9.10. The lowest BCUT2D eigenvalue weighted by Gasteiger charge is -2.00. The lowest BCUT2D eigenvalue weighted by Crippen LogP contribution is -1.94. The van der Waals surface area contributed by atoms with Gasteiger partial charge in [-0.15, -0.1) is 0 Å². The molecule has 1 N–H and O–H groups in total. The first-order valence-electron chi connectivity index (χ1n) is 7.41. The van der Waals surface area contributed by atoms with Gasteiger partial charge in [-0.05, 0) is 61.2 Å². The van der Waals surface area contributed by atoms with Gasteiger partial charge in [0.15, 0.2) is 0 Å². The molecule has 0 aromatic heterocycles. The highest BCUT2D eigenvalue weighted by Crippen LogP contribution is 2.09. The van der Waals surface area contributed by atoms with Crippen LogP contribution in [-0.4, -0.2) is 11.1 Å². The first-order chi connectivity index (χ1) is 11.5. The normalized spacial score (nSPS) is 9.12. The van der Waals surface area contributed by atoms with E-state index in [0.717, 1.165) is 22.9 Å². The second kappa shape index (κ2) is 11.0. The van der Waals surface area contributed by atoms with E-state index < -0.39 is 5.97 Å². The molecule has 0 saturated heterocycles. The third kappa shape index (κ3) is 8.12. The van der Waals surface area contributed by atoms with Crippen LogP contribution in [-0.2, 0) is 11.2 Å². The molecule has 0 saturated carbocycles. The monoisotopic (exact) mass is 384 g/mol. The van der Waals surface area contributed by atoms with Gasteiger partial charge in [-0.2, -0.15) is 10.5 Å². The Morgan fingerprint density at radius 2 is 1.42 bits per heavy atom. The molecule has 0 aliphatic rings. The number of unbranched alkanes of at least 4 members (excludes halogenated alkanes) is 1. The van der Waals surface area contributed by atoms with E-state index in [1.807, 2.05) is 30.3 Å². The summed E-state index contributed by atoms with van der Waals surface area (Å²) in [7, 11) is 0. The van der Waals surface area contributed by atoms with Crippen molar-refractivity contribution < 1.29 is 9.90 Å². The minimum absolute atomic E-state index is 0.232. The molecule has 0 aliphatic carbocycles. The number of hydrogen-bond acceptors (Lipinski definition) is 3. The molecule has 0 amide bonds. The average Bonchev–Trinajstić information content (AvgIpc) is 2.60. The highest BCUT2D eigenvalue weighted by atomic mass is 79.9. The highest BCUT2D eigenvalue weighted by Gasteiger charge is 1.98. The molecule has 0 atom stereocenters. The lowest BCUT2D eigenvalue weighted by atomic mass is 10.1. The fourth-order valence-corrected chi connectivity index (χ4v) is 2.14. The number of rotatable bonds is 5. The summed E-state index contributed by atoms with van der Waals surface area (Å²) in [5.74, 6) is -0.741. The number of nitrogens with zero attached hydrogens (tertiary/aromatic N) is 2. The smallest absolute Gasteiger partial charge is 0.303 e. The van der Waals surface area contributed by atoms with Crippen LogP contribution in [0, 0.1) is 22.7 Å². The Bertz CT molecular complexity index is 726. The van der Waals surface area contributed by atoms with E-state index in [0.29, 0.717) is 17.5 Å². The van der Waals surface area contributed by atoms with Crippen LogP contribution in [0.2, 0.25) is 0 Å². The number of nitriles is 2. The summed E-state index contributed by atoms with van der Waals surface area (Å²) in [4.78, 5) is 10.3. The Morgan fingerprint density at radius 1 is 0.917 bits per heavy atom. The molecule has 122 valence electrons. The van der Waals surface area contributed by atoms with Crippen LogP contribution in [0.15, 0.2) is 53.0 Å². The molecule has 2 rings (SSSR count). The zero-order chi connectivity index (χ0) is 17.8. The number of carboxylic acid groups (broad SMARTS) is 1. The largest absolute Gasteiger partial charge is 0.481 e. The standard InChI is InChI=1S/C12H13NO2.C7H4BrN/c13-9-11-7-5-10(6-8-11)3-1-2-4-12(14)15;8-7-3-1-6(5-9)2-4-7/h5-8H,1-4H2,(H,14,15);1-4H. The summed E-state index contributed by atoms with van der Waals surface area (Å²) in [6, 6.07) is 18.7. The van der Waals surface area contributed by atoms with Crippen molar-refractivity contribution in [2.24, 2.45) is 0 Å². The van der Waals surface area contributed by atoms with Crippen LogP contribution in [0.25, 0.3) is 0 Å². The molecule has 2 aromatic rings. The second-order valence-electron chi connectivity index (χ2n) is 5.03. The Labute approximate surface area is 150 Å². The summed E-state index contributed by atoms with van der Waals surface area (Å²) in [5, 5.41) is 25.4. The van der Waals surface area contributed by atoms with Gasteiger partial charge in [-0.3, -0.25) is 4.79 Å². The van der Waals surface area contributed by atoms with Crippen molar-refractivity contribution in [3.05, 3.63) is 69.7 Å². The maximum atomic E-state index is 10.3. The number of halogens is 1. The molecule has 0 aliphatic heterocycles. The van der Waals surface area contributed by atoms with Crippen molar-refractivity contribution in [2.75, 3.05) is 0 Å². The van der Waals surface area contributed by atoms with Gasteiger partial charge in [0.1, 0.15) is 0 Å². The minimum atomic E-state index is -0.741. The zero-order valence-corrected chi connectivity index (χ0v) is 14.7. The average molecular weight is 385 g/mol. The van der Waals surface area contributed by atoms with Crippen LogP contribution < -0.4 is 0 Å². The maximum Gasteiger partial charge on any atom is 0.303 e. The quantitative estimate of drug-likeness (QED) is 0.758. The molecular weight excluding hydrogens is 368 g/mol. The molecule has 5 heteroatoms. The summed E-state index contributed by atoms with van der Waals surface area (Å²) in [6.07, 6.45) is 2.68. The number of aryl methyl sites for hydroxylation is 1. The van der Waals surface area contributed by atoms with E-state index in [1.165, 1.54) is 0 Å². The maximum absolute atomic E-state index is 10.3. The van der Waals surface area contributed by atoms with Gasteiger partial charge < -0.3 is 5.11 Å². The minimum Gasteiger partial charge on any atom is -0.481 e. The molecule has 0 heterocycles. The first kappa shape index (κ1) is 19.4. The molecule has 24 heavy (non-hydrogen) atoms. The van der Waals surface area contributed by atoms with Crippen molar-refractivity contribution in [1.29, 1.82) is 10.5 Å². The van der Waals surface area contributed by atoms with Crippen LogP contribution in [0.4, 0.5) is 0 Å². The second-order valence-corrected chi connectivity index (χ2v) is 5.94. The van der Waals surface area contributed by atoms with Gasteiger partial charge in [0.2, 0.25) is 0 Å². The van der Waals surface area contributed by atoms with E-state index in [9.17, 15) is 4.79 Å². The molecule has 0 fully saturated rings. The van der Waals surface area contributed by atoms with E-state index in [-0.39, 0.29) is 6.42 Å². The fraction of sp³-hybridized carbons (Fsp3) is 0.211. The topological polar surface area (TPSA) is 84.9 Å². The first-order valence-corrected chi connectivity index (χ1v) is 8.21. The third-order valence-corrected chi connectivity index (χ3v) is 3.69. The predicted molar refractivity (Wildman–Crippen MR) is 95.2 cm³/mol. The summed E-state index contributed by atoms with van der Waals surface area (Å²) in [5.41, 5.74) is 2.50. The van der Waals surface area contributed by atoms with Gasteiger partial charge in [0, 0.05) is 10.9 Å². The SMILES string of the molecule is N#Cc1ccc(Br)cc1.N#Cc1ccc(CCCCC(=O)O)cc1. The number of carboxylic acids is 1. The molecule has 0 bridgehead atoms. The third-order valence-electron chi connectivity index (χ3n) is 3.16. The fourth-order valence-electron chi connectivity index (χ4n) is 1.88. The molecule has 0 radical (unpaired) electrons. The number of aliphatic carboxylic acids is 1. The van der Waals surface area contributed by atoms with Crippen LogP contribution in [0.1, 0.15) is 36.0 Å². The summed E-state index contributed by atoms with van der Waals surface area (Å²) < 4.78 is 1.00. The van der Waals surface area contributed by atoms with E-state index in [2.05, 4.69) is 22.0 Å². The summed E-state index contributed by atoms with van der Waals surface area (Å²) >= 11 is 3.27. The van der Waals surface area contributed by atoms with Crippen molar-refractivity contribution in [3.8, 4) is 12.1 Å². The Balaban J connectivity index is 0.000000272. The van der Waals surface area contributed by atoms with Gasteiger partial charge in [-0.1, -0.05) is 28.1 Å². The lowest BCUT2D eigenvalue weighted by molar-refractivity contribution is -0.137. The van der Waals surface area contributed by atoms with Crippen LogP contribution in [0.3, 0.4) is 0 Å². The van der Waals surface area contributed by atoms with E-state index >= 15 is 0 Å². The number of benzene rings is 2. The summed E-state index contributed by atoms with van der Waals surface area (Å²) in [6.45, 7) is 0. The Kier molecular flexibility index (Phi) is 8.89. The zero-order valence-electron chi connectivity index (χ0n) is 13.1. The van der Waals surface area contributed by atoms with Crippen LogP contribution in [0.5, 0.6) is 0 Å². The number of carbonyl (C=O) groups is 1. The van der Waals surface area contributed by atoms with Gasteiger partial charge in [0.05, 0.1) is 23.3 Å². The van der Waals surface area contributed by atoms with E-state index in [4.69, 9.17) is 15.6 Å². The van der Waals surface area contributed by atoms with Gasteiger partial charge >= 0.3 is 5.97 Å². The molecule has 2 aromatic carbocycles. The van der Waals surface area contributed by atoms with Crippen molar-refractivity contribution in [1.82, 2.24) is 0 Å². The van der Waals surface area contributed by atoms with Crippen molar-refractivity contribution in [3.63, 3.8) is 0 Å². The van der Waals surface area contributed by atoms with Crippen molar-refractivity contribution in [2.45, 2.75) is 25.7 Å². The van der Waals surface area contributed by atoms with Crippen molar-refractivity contribution >= 4 is 21.9 Å². The van der Waals surface area contributed by atoms with Gasteiger partial charge in [0.25, 0.3) is 0 Å². The van der Waals surface area contributed by atoms with Gasteiger partial charge in [-0.25, -0.2) is 0 Å². The number of hydrogen-bond donors (Lipinski definition) is 1. The molecule has 4 nitrogen and oxygen atoms in total.